The van der Waals surface area contributed by atoms with E-state index in [0.29, 0.717) is 45.0 Å². The van der Waals surface area contributed by atoms with Gasteiger partial charge in [0, 0.05) is 100 Å². The van der Waals surface area contributed by atoms with Crippen LogP contribution in [0.25, 0.3) is 127 Å². The lowest BCUT2D eigenvalue weighted by atomic mass is 9.33. The molecule has 532 valence electrons. The normalized spacial score (nSPS) is 14.5. The standard InChI is InChI=1S/C106H75BN6/c1-106(2,3)76-64-90(72-35-13-6-14-36-72)105(91(65-76)73-37-15-7-16-38-73)113-101-67-81(110-96-49-27-21-43-86(96)87-44-22-28-50-97(87)110)58-60-93(101)107-92-59-57-80(108(77-39-17-8-18-40-77)78-53-55-79(56-54-78)109-94-47-25-19-41-84(94)85-42-20-26-48-95(85)109)66-100(92)112(82-62-74(70-31-9-4-10-32-70)61-75(63-82)71-33-11-5-12-34-71)102-68-83(69-103(113)104(102)107)111-98-51-29-23-45-88(98)89-46-24-30-52-99(89)111/h4-69H,1-3H3/i21D,22D,23D,24D,27D,28D,29D,30D,43D,44D,45D,46D,49D,50D,51D,52D. The predicted octanol–water partition coefficient (Wildman–Crippen LogP) is 26.5. The van der Waals surface area contributed by atoms with Gasteiger partial charge in [0.1, 0.15) is 0 Å². The largest absolute Gasteiger partial charge is 0.311 e. The molecule has 0 spiro atoms. The Morgan fingerprint density at radius 2 is 0.655 bits per heavy atom. The topological polar surface area (TPSA) is 24.5 Å². The highest BCUT2D eigenvalue weighted by atomic mass is 15.2. The number of anilines is 9. The van der Waals surface area contributed by atoms with Gasteiger partial charge >= 0.3 is 0 Å². The molecule has 17 aromatic carbocycles. The van der Waals surface area contributed by atoms with E-state index in [1.807, 2.05) is 121 Å². The van der Waals surface area contributed by atoms with E-state index in [-0.39, 0.29) is 55.0 Å². The Kier molecular flexibility index (Phi) is 11.8. The minimum atomic E-state index is -0.832. The molecule has 3 aromatic heterocycles. The SMILES string of the molecule is [2H]c1c([2H])c([2H])c2c(c1[2H])c1c([2H])c([2H])c([2H])c([2H])c1n2-c1ccc2c(c1)N(c1c(-c3ccccc3)cc(C(C)(C)C)cc1-c1ccccc1)c1cc(-n3c4c([2H])c([2H])c([2H])c([2H])c4c4c([2H])c([2H])c([2H])c([2H])c43)cc3c1B2c1ccc(N(c2ccccc2)c2ccc(-n4c5ccccc5c5ccccc54)cc2)cc1N3c1cc(-c2ccccc2)cc(-c2ccccc2)c1. The molecule has 0 unspecified atom stereocenters. The van der Waals surface area contributed by atoms with Crippen LogP contribution in [0.5, 0.6) is 0 Å². The van der Waals surface area contributed by atoms with Crippen molar-refractivity contribution in [1.29, 1.82) is 0 Å². The van der Waals surface area contributed by atoms with Crippen molar-refractivity contribution < 1.29 is 21.9 Å². The lowest BCUT2D eigenvalue weighted by Gasteiger charge is -2.46. The number of hydrogen-bond donors (Lipinski definition) is 0. The molecule has 0 aliphatic carbocycles. The molecule has 0 fully saturated rings. The van der Waals surface area contributed by atoms with Crippen molar-refractivity contribution in [3.63, 3.8) is 0 Å². The van der Waals surface area contributed by atoms with Gasteiger partial charge in [0.25, 0.3) is 6.71 Å². The smallest absolute Gasteiger partial charge is 0.252 e. The number of fused-ring (bicyclic) bond motifs is 13. The van der Waals surface area contributed by atoms with E-state index in [1.165, 1.54) is 4.57 Å². The quantitative estimate of drug-likeness (QED) is 0.114. The number of benzene rings is 17. The number of aromatic nitrogens is 3. The third kappa shape index (κ3) is 10.6. The number of nitrogens with zero attached hydrogens (tertiary/aromatic N) is 6. The molecule has 0 amide bonds. The second-order valence-electron chi connectivity index (χ2n) is 30.0. The molecular formula is C106H75BN6. The van der Waals surface area contributed by atoms with E-state index in [2.05, 4.69) is 222 Å². The van der Waals surface area contributed by atoms with Gasteiger partial charge in [-0.25, -0.2) is 0 Å². The Morgan fingerprint density at radius 3 is 1.15 bits per heavy atom. The Labute approximate surface area is 680 Å². The molecule has 113 heavy (non-hydrogen) atoms. The molecule has 7 heteroatoms. The zero-order chi connectivity index (χ0) is 88.9. The first-order chi connectivity index (χ1) is 62.4. The van der Waals surface area contributed by atoms with E-state index < -0.39 is 109 Å². The molecular weight excluding hydrogens is 1370 g/mol. The van der Waals surface area contributed by atoms with Gasteiger partial charge in [-0.15, -0.1) is 0 Å². The maximum Gasteiger partial charge on any atom is 0.252 e. The van der Waals surface area contributed by atoms with Gasteiger partial charge in [0.2, 0.25) is 0 Å². The van der Waals surface area contributed by atoms with E-state index in [0.717, 1.165) is 100 Å². The van der Waals surface area contributed by atoms with Crippen LogP contribution in [0, 0.1) is 0 Å². The van der Waals surface area contributed by atoms with Gasteiger partial charge in [-0.2, -0.15) is 0 Å². The molecule has 0 radical (unpaired) electrons. The molecule has 6 nitrogen and oxygen atoms in total. The molecule has 0 N–H and O–H groups in total. The highest BCUT2D eigenvalue weighted by molar-refractivity contribution is 7.00. The Morgan fingerprint density at radius 1 is 0.274 bits per heavy atom. The summed E-state index contributed by atoms with van der Waals surface area (Å²) in [5.41, 5.74) is 18.3. The summed E-state index contributed by atoms with van der Waals surface area (Å²) >= 11 is 0. The Hall–Kier alpha value is -14.4. The predicted molar refractivity (Wildman–Crippen MR) is 479 cm³/mol. The van der Waals surface area contributed by atoms with Gasteiger partial charge < -0.3 is 28.4 Å². The fraction of sp³-hybridized carbons (Fsp3) is 0.0377. The molecule has 2 aliphatic heterocycles. The van der Waals surface area contributed by atoms with E-state index in [1.54, 1.807) is 4.57 Å². The fourth-order valence-electron chi connectivity index (χ4n) is 17.5. The van der Waals surface area contributed by atoms with Gasteiger partial charge in [-0.1, -0.05) is 281 Å². The van der Waals surface area contributed by atoms with Crippen molar-refractivity contribution in [2.24, 2.45) is 0 Å². The van der Waals surface area contributed by atoms with Crippen LogP contribution in [0.3, 0.4) is 0 Å². The summed E-state index contributed by atoms with van der Waals surface area (Å²) in [6.45, 7) is 5.67. The van der Waals surface area contributed by atoms with Crippen LogP contribution in [0.15, 0.2) is 400 Å². The molecule has 5 heterocycles. The summed E-state index contributed by atoms with van der Waals surface area (Å²) in [7, 11) is 0. The zero-order valence-electron chi connectivity index (χ0n) is 77.6. The van der Waals surface area contributed by atoms with Crippen LogP contribution in [0.1, 0.15) is 48.3 Å². The molecule has 20 aromatic rings. The third-order valence-corrected chi connectivity index (χ3v) is 22.6. The highest BCUT2D eigenvalue weighted by Crippen LogP contribution is 2.54. The maximum atomic E-state index is 10.3. The molecule has 0 saturated heterocycles. The molecule has 0 saturated carbocycles. The van der Waals surface area contributed by atoms with Crippen molar-refractivity contribution >= 4 is 140 Å². The monoisotopic (exact) mass is 1460 g/mol. The van der Waals surface area contributed by atoms with Crippen molar-refractivity contribution in [2.45, 2.75) is 26.2 Å². The van der Waals surface area contributed by atoms with Crippen LogP contribution in [0.2, 0.25) is 0 Å². The number of rotatable bonds is 12. The van der Waals surface area contributed by atoms with Crippen molar-refractivity contribution in [1.82, 2.24) is 13.7 Å². The summed E-state index contributed by atoms with van der Waals surface area (Å²) in [5.74, 6) is 0. The maximum absolute atomic E-state index is 10.3. The molecule has 22 rings (SSSR count). The van der Waals surface area contributed by atoms with Crippen LogP contribution in [-0.4, -0.2) is 20.4 Å². The summed E-state index contributed by atoms with van der Waals surface area (Å²) in [4.78, 5) is 6.69. The first kappa shape index (κ1) is 51.1. The van der Waals surface area contributed by atoms with Crippen LogP contribution < -0.4 is 31.1 Å². The van der Waals surface area contributed by atoms with Crippen LogP contribution >= 0.6 is 0 Å². The zero-order valence-corrected chi connectivity index (χ0v) is 61.6. The lowest BCUT2D eigenvalue weighted by molar-refractivity contribution is 0.591. The average Bonchev–Trinajstić information content (AvgIpc) is 1.18. The second-order valence-corrected chi connectivity index (χ2v) is 30.0. The van der Waals surface area contributed by atoms with Gasteiger partial charge in [-0.05, 0) is 200 Å². The molecule has 2 aliphatic rings. The van der Waals surface area contributed by atoms with E-state index >= 15 is 0 Å². The van der Waals surface area contributed by atoms with Crippen LogP contribution in [-0.2, 0) is 5.41 Å². The van der Waals surface area contributed by atoms with E-state index in [9.17, 15) is 21.9 Å². The minimum absolute atomic E-state index is 0.0941. The molecule has 0 atom stereocenters. The second kappa shape index (κ2) is 26.2. The summed E-state index contributed by atoms with van der Waals surface area (Å²) in [6.07, 6.45) is 0. The molecule has 0 bridgehead atoms. The van der Waals surface area contributed by atoms with Crippen molar-refractivity contribution in [3.05, 3.63) is 406 Å². The number of hydrogen-bond acceptors (Lipinski definition) is 3. The summed E-state index contributed by atoms with van der Waals surface area (Å²) < 4.78 is 160. The Bertz CT molecular complexity index is 7860. The van der Waals surface area contributed by atoms with E-state index in [4.69, 9.17) is 0 Å². The van der Waals surface area contributed by atoms with Gasteiger partial charge in [0.15, 0.2) is 0 Å². The lowest BCUT2D eigenvalue weighted by Crippen LogP contribution is -2.61. The van der Waals surface area contributed by atoms with Crippen molar-refractivity contribution in [2.75, 3.05) is 14.7 Å². The minimum Gasteiger partial charge on any atom is -0.311 e. The van der Waals surface area contributed by atoms with Crippen LogP contribution in [0.4, 0.5) is 51.2 Å². The summed E-state index contributed by atoms with van der Waals surface area (Å²) in [6, 6.07) is 94.5. The van der Waals surface area contributed by atoms with Gasteiger partial charge in [0.05, 0.1) is 66.4 Å². The highest BCUT2D eigenvalue weighted by Gasteiger charge is 2.46. The van der Waals surface area contributed by atoms with Crippen molar-refractivity contribution in [3.8, 4) is 61.6 Å². The average molecular weight is 1460 g/mol. The first-order valence-electron chi connectivity index (χ1n) is 45.9. The summed E-state index contributed by atoms with van der Waals surface area (Å²) in [5, 5.41) is 1.78. The fourth-order valence-corrected chi connectivity index (χ4v) is 17.5. The third-order valence-electron chi connectivity index (χ3n) is 22.6. The first-order valence-corrected chi connectivity index (χ1v) is 37.9. The number of para-hydroxylation sites is 7. The van der Waals surface area contributed by atoms with Gasteiger partial charge in [-0.3, -0.25) is 0 Å². The Balaban J connectivity index is 0.937.